The first-order valence-corrected chi connectivity index (χ1v) is 6.15. The molecule has 1 saturated carbocycles. The Morgan fingerprint density at radius 2 is 1.94 bits per heavy atom. The van der Waals surface area contributed by atoms with Crippen LogP contribution in [0.25, 0.3) is 0 Å². The minimum atomic E-state index is 0.661. The number of nitrogen functional groups attached to an aromatic ring is 2. The Kier molecular flexibility index (Phi) is 3.32. The first kappa shape index (κ1) is 11.2. The van der Waals surface area contributed by atoms with E-state index in [0.717, 1.165) is 24.0 Å². The number of rotatable bonds is 2. The van der Waals surface area contributed by atoms with Gasteiger partial charge in [0.1, 0.15) is 0 Å². The number of nitrogens with zero attached hydrogens (tertiary/aromatic N) is 1. The molecule has 1 aromatic heterocycles. The summed E-state index contributed by atoms with van der Waals surface area (Å²) in [5.74, 6) is 1.63. The van der Waals surface area contributed by atoms with Gasteiger partial charge in [-0.3, -0.25) is 4.98 Å². The molecule has 0 bridgehead atoms. The number of pyridine rings is 1. The fraction of sp³-hybridized carbons (Fsp3) is 0.615. The molecule has 3 heteroatoms. The Morgan fingerprint density at radius 3 is 2.62 bits per heavy atom. The molecule has 1 aliphatic carbocycles. The van der Waals surface area contributed by atoms with E-state index in [1.807, 2.05) is 0 Å². The molecule has 0 aromatic carbocycles. The van der Waals surface area contributed by atoms with Crippen LogP contribution in [0.4, 0.5) is 11.4 Å². The third kappa shape index (κ3) is 2.46. The highest BCUT2D eigenvalue weighted by molar-refractivity contribution is 5.64. The first-order chi connectivity index (χ1) is 7.66. The van der Waals surface area contributed by atoms with Crippen LogP contribution in [0.15, 0.2) is 12.3 Å². The summed E-state index contributed by atoms with van der Waals surface area (Å²) in [5, 5.41) is 0. The van der Waals surface area contributed by atoms with E-state index in [0.29, 0.717) is 11.4 Å². The minimum Gasteiger partial charge on any atom is -0.397 e. The van der Waals surface area contributed by atoms with Crippen molar-refractivity contribution in [3.63, 3.8) is 0 Å². The molecule has 0 saturated heterocycles. The average molecular weight is 219 g/mol. The van der Waals surface area contributed by atoms with E-state index >= 15 is 0 Å². The quantitative estimate of drug-likeness (QED) is 0.803. The van der Waals surface area contributed by atoms with Gasteiger partial charge in [0, 0.05) is 6.20 Å². The van der Waals surface area contributed by atoms with Crippen molar-refractivity contribution in [2.75, 3.05) is 11.5 Å². The van der Waals surface area contributed by atoms with Gasteiger partial charge in [-0.15, -0.1) is 0 Å². The van der Waals surface area contributed by atoms with Crippen LogP contribution in [0, 0.1) is 11.8 Å². The Morgan fingerprint density at radius 1 is 1.25 bits per heavy atom. The maximum absolute atomic E-state index is 5.94. The van der Waals surface area contributed by atoms with Gasteiger partial charge in [0.05, 0.1) is 17.1 Å². The molecule has 0 amide bonds. The minimum absolute atomic E-state index is 0.661. The number of nitrogens with two attached hydrogens (primary N) is 2. The fourth-order valence-electron chi connectivity index (χ4n) is 2.50. The van der Waals surface area contributed by atoms with Gasteiger partial charge < -0.3 is 11.5 Å². The number of hydrogen-bond donors (Lipinski definition) is 2. The molecule has 0 aliphatic heterocycles. The summed E-state index contributed by atoms with van der Waals surface area (Å²) in [6.07, 6.45) is 8.03. The van der Waals surface area contributed by atoms with Gasteiger partial charge in [-0.05, 0) is 37.2 Å². The van der Waals surface area contributed by atoms with Crippen molar-refractivity contribution in [2.45, 2.75) is 39.0 Å². The average Bonchev–Trinajstić information content (AvgIpc) is 2.28. The zero-order valence-corrected chi connectivity index (χ0v) is 9.95. The van der Waals surface area contributed by atoms with Crippen molar-refractivity contribution < 1.29 is 0 Å². The lowest BCUT2D eigenvalue weighted by Gasteiger charge is -2.26. The molecule has 1 heterocycles. The highest BCUT2D eigenvalue weighted by Crippen LogP contribution is 2.31. The maximum atomic E-state index is 5.94. The normalized spacial score (nSPS) is 25.6. The predicted octanol–water partition coefficient (Wildman–Crippen LogP) is 2.61. The highest BCUT2D eigenvalue weighted by atomic mass is 14.8. The van der Waals surface area contributed by atoms with Gasteiger partial charge in [-0.25, -0.2) is 0 Å². The van der Waals surface area contributed by atoms with Crippen molar-refractivity contribution >= 4 is 11.4 Å². The lowest BCUT2D eigenvalue weighted by Crippen LogP contribution is -2.16. The predicted molar refractivity (Wildman–Crippen MR) is 67.9 cm³/mol. The zero-order valence-electron chi connectivity index (χ0n) is 9.95. The second kappa shape index (κ2) is 4.73. The molecule has 0 radical (unpaired) electrons. The lowest BCUT2D eigenvalue weighted by atomic mass is 9.80. The summed E-state index contributed by atoms with van der Waals surface area (Å²) in [6.45, 7) is 2.34. The van der Waals surface area contributed by atoms with Gasteiger partial charge >= 0.3 is 0 Å². The van der Waals surface area contributed by atoms with E-state index in [1.54, 1.807) is 12.3 Å². The standard InChI is InChI=1S/C13H21N3/c1-9-2-4-10(5-3-9)8-12-13(15)11(14)6-7-16-12/h6-7,9-10H,2-5,8,15H2,1H3,(H2,14,16). The van der Waals surface area contributed by atoms with Crippen molar-refractivity contribution in [3.05, 3.63) is 18.0 Å². The van der Waals surface area contributed by atoms with E-state index in [-0.39, 0.29) is 0 Å². The molecular weight excluding hydrogens is 198 g/mol. The zero-order chi connectivity index (χ0) is 11.5. The molecule has 0 atom stereocenters. The van der Waals surface area contributed by atoms with Gasteiger partial charge in [0.25, 0.3) is 0 Å². The number of aromatic nitrogens is 1. The summed E-state index contributed by atoms with van der Waals surface area (Å²) in [5.41, 5.74) is 14.1. The summed E-state index contributed by atoms with van der Waals surface area (Å²) in [7, 11) is 0. The highest BCUT2D eigenvalue weighted by Gasteiger charge is 2.19. The van der Waals surface area contributed by atoms with E-state index in [9.17, 15) is 0 Å². The van der Waals surface area contributed by atoms with Gasteiger partial charge in [0.2, 0.25) is 0 Å². The van der Waals surface area contributed by atoms with E-state index in [1.165, 1.54) is 25.7 Å². The molecule has 4 N–H and O–H groups in total. The second-order valence-corrected chi connectivity index (χ2v) is 5.09. The van der Waals surface area contributed by atoms with Crippen LogP contribution in [0.5, 0.6) is 0 Å². The van der Waals surface area contributed by atoms with Crippen LogP contribution < -0.4 is 11.5 Å². The molecule has 1 aromatic rings. The van der Waals surface area contributed by atoms with E-state index in [2.05, 4.69) is 11.9 Å². The molecule has 2 rings (SSSR count). The van der Waals surface area contributed by atoms with Crippen LogP contribution in [0.1, 0.15) is 38.3 Å². The van der Waals surface area contributed by atoms with Gasteiger partial charge in [-0.1, -0.05) is 19.8 Å². The second-order valence-electron chi connectivity index (χ2n) is 5.09. The summed E-state index contributed by atoms with van der Waals surface area (Å²) in [6, 6.07) is 1.77. The van der Waals surface area contributed by atoms with Crippen LogP contribution in [0.3, 0.4) is 0 Å². The van der Waals surface area contributed by atoms with Gasteiger partial charge in [0.15, 0.2) is 0 Å². The fourth-order valence-corrected chi connectivity index (χ4v) is 2.50. The Labute approximate surface area is 97.2 Å². The molecule has 1 aliphatic rings. The smallest absolute Gasteiger partial charge is 0.0766 e. The molecule has 0 unspecified atom stereocenters. The SMILES string of the molecule is CC1CCC(Cc2nccc(N)c2N)CC1. The topological polar surface area (TPSA) is 64.9 Å². The molecular formula is C13H21N3. The maximum Gasteiger partial charge on any atom is 0.0766 e. The van der Waals surface area contributed by atoms with Crippen molar-refractivity contribution in [1.29, 1.82) is 0 Å². The van der Waals surface area contributed by atoms with Gasteiger partial charge in [-0.2, -0.15) is 0 Å². The van der Waals surface area contributed by atoms with Crippen LogP contribution in [-0.4, -0.2) is 4.98 Å². The summed E-state index contributed by atoms with van der Waals surface area (Å²) >= 11 is 0. The monoisotopic (exact) mass is 219 g/mol. The lowest BCUT2D eigenvalue weighted by molar-refractivity contribution is 0.288. The van der Waals surface area contributed by atoms with Crippen LogP contribution in [0.2, 0.25) is 0 Å². The molecule has 3 nitrogen and oxygen atoms in total. The van der Waals surface area contributed by atoms with Crippen LogP contribution >= 0.6 is 0 Å². The Hall–Kier alpha value is -1.25. The largest absolute Gasteiger partial charge is 0.397 e. The summed E-state index contributed by atoms with van der Waals surface area (Å²) < 4.78 is 0. The number of hydrogen-bond acceptors (Lipinski definition) is 3. The van der Waals surface area contributed by atoms with E-state index in [4.69, 9.17) is 11.5 Å². The van der Waals surface area contributed by atoms with Crippen molar-refractivity contribution in [1.82, 2.24) is 4.98 Å². The Balaban J connectivity index is 2.01. The van der Waals surface area contributed by atoms with Crippen LogP contribution in [-0.2, 0) is 6.42 Å². The third-order valence-electron chi connectivity index (χ3n) is 3.72. The molecule has 1 fully saturated rings. The Bertz CT molecular complexity index is 354. The number of anilines is 2. The molecule has 0 spiro atoms. The van der Waals surface area contributed by atoms with Crippen molar-refractivity contribution in [3.8, 4) is 0 Å². The first-order valence-electron chi connectivity index (χ1n) is 6.15. The molecule has 16 heavy (non-hydrogen) atoms. The summed E-state index contributed by atoms with van der Waals surface area (Å²) in [4.78, 5) is 4.35. The third-order valence-corrected chi connectivity index (χ3v) is 3.72. The molecule has 88 valence electrons. The van der Waals surface area contributed by atoms with E-state index < -0.39 is 0 Å². The van der Waals surface area contributed by atoms with Crippen molar-refractivity contribution in [2.24, 2.45) is 11.8 Å².